The molecule has 5 nitrogen and oxygen atoms in total. The highest BCUT2D eigenvalue weighted by atomic mass is 35.5. The number of benzene rings is 3. The van der Waals surface area contributed by atoms with Gasteiger partial charge in [0.2, 0.25) is 11.2 Å². The lowest BCUT2D eigenvalue weighted by Gasteiger charge is -2.14. The number of carbonyl (C=O) groups excluding carboxylic acids is 1. The number of halogens is 7. The highest BCUT2D eigenvalue weighted by molar-refractivity contribution is 6.33. The summed E-state index contributed by atoms with van der Waals surface area (Å²) in [6.07, 6.45) is -9.64. The van der Waals surface area contributed by atoms with Crippen molar-refractivity contribution in [3.63, 3.8) is 0 Å². The molecular formula is C25H14ClF6NO4. The van der Waals surface area contributed by atoms with Gasteiger partial charge in [0.05, 0.1) is 16.5 Å². The van der Waals surface area contributed by atoms with E-state index in [1.165, 1.54) is 42.5 Å². The summed E-state index contributed by atoms with van der Waals surface area (Å²) in [4.78, 5) is 25.2. The first-order valence-electron chi connectivity index (χ1n) is 10.4. The molecule has 0 spiro atoms. The largest absolute Gasteiger partial charge is 0.484 e. The first-order chi connectivity index (χ1) is 17.3. The van der Waals surface area contributed by atoms with Crippen LogP contribution in [0.2, 0.25) is 5.02 Å². The van der Waals surface area contributed by atoms with Crippen LogP contribution in [0, 0.1) is 0 Å². The Balaban J connectivity index is 1.61. The number of alkyl halides is 6. The van der Waals surface area contributed by atoms with Crippen LogP contribution in [0.15, 0.2) is 75.9 Å². The second kappa shape index (κ2) is 9.81. The number of hydrogen-bond donors (Lipinski definition) is 1. The molecule has 0 atom stereocenters. The average Bonchev–Trinajstić information content (AvgIpc) is 2.82. The zero-order chi connectivity index (χ0) is 27.0. The molecule has 12 heteroatoms. The summed E-state index contributed by atoms with van der Waals surface area (Å²) >= 11 is 6.03. The van der Waals surface area contributed by atoms with Gasteiger partial charge in [-0.15, -0.1) is 0 Å². The SMILES string of the molecule is O=C(COc1ccc2c(=O)c(-c3ccccc3Cl)c(C(F)(F)F)oc2c1)Nc1cccc(C(F)(F)F)c1. The summed E-state index contributed by atoms with van der Waals surface area (Å²) in [6, 6.07) is 12.8. The summed E-state index contributed by atoms with van der Waals surface area (Å²) in [5, 5.41) is 1.96. The van der Waals surface area contributed by atoms with Crippen molar-refractivity contribution in [3.05, 3.63) is 93.3 Å². The Morgan fingerprint density at radius 3 is 2.32 bits per heavy atom. The molecule has 4 rings (SSSR count). The lowest BCUT2D eigenvalue weighted by Crippen LogP contribution is -2.20. The van der Waals surface area contributed by atoms with Gasteiger partial charge in [-0.2, -0.15) is 26.3 Å². The molecule has 4 aromatic rings. The summed E-state index contributed by atoms with van der Waals surface area (Å²) < 4.78 is 90.2. The maximum atomic E-state index is 13.8. The van der Waals surface area contributed by atoms with Crippen molar-refractivity contribution in [2.24, 2.45) is 0 Å². The van der Waals surface area contributed by atoms with Gasteiger partial charge >= 0.3 is 12.4 Å². The molecule has 1 N–H and O–H groups in total. The molecule has 1 aromatic heterocycles. The van der Waals surface area contributed by atoms with E-state index in [9.17, 15) is 35.9 Å². The fourth-order valence-electron chi connectivity index (χ4n) is 3.49. The number of hydrogen-bond acceptors (Lipinski definition) is 4. The van der Waals surface area contributed by atoms with Gasteiger partial charge in [0.1, 0.15) is 11.3 Å². The number of carbonyl (C=O) groups is 1. The lowest BCUT2D eigenvalue weighted by atomic mass is 10.0. The van der Waals surface area contributed by atoms with Crippen LogP contribution < -0.4 is 15.5 Å². The Labute approximate surface area is 209 Å². The molecule has 1 amide bonds. The third kappa shape index (κ3) is 5.72. The van der Waals surface area contributed by atoms with Gasteiger partial charge in [-0.05, 0) is 36.4 Å². The van der Waals surface area contributed by atoms with Crippen molar-refractivity contribution in [1.29, 1.82) is 0 Å². The van der Waals surface area contributed by atoms with E-state index >= 15 is 0 Å². The molecule has 0 aliphatic rings. The van der Waals surface area contributed by atoms with Crippen molar-refractivity contribution in [2.45, 2.75) is 12.4 Å². The maximum Gasteiger partial charge on any atom is 0.450 e. The maximum absolute atomic E-state index is 13.8. The predicted octanol–water partition coefficient (Wildman–Crippen LogP) is 7.17. The molecule has 192 valence electrons. The van der Waals surface area contributed by atoms with E-state index in [1.54, 1.807) is 0 Å². The summed E-state index contributed by atoms with van der Waals surface area (Å²) in [7, 11) is 0. The highest BCUT2D eigenvalue weighted by Crippen LogP contribution is 2.39. The molecule has 0 fully saturated rings. The van der Waals surface area contributed by atoms with E-state index in [0.717, 1.165) is 24.3 Å². The fraction of sp³-hybridized carbons (Fsp3) is 0.120. The summed E-state index contributed by atoms with van der Waals surface area (Å²) in [5.41, 5.74) is -3.43. The van der Waals surface area contributed by atoms with Gasteiger partial charge < -0.3 is 14.5 Å². The number of rotatable bonds is 5. The quantitative estimate of drug-likeness (QED) is 0.272. The number of ether oxygens (including phenoxy) is 1. The highest BCUT2D eigenvalue weighted by Gasteiger charge is 2.40. The number of amides is 1. The monoisotopic (exact) mass is 541 g/mol. The normalized spacial score (nSPS) is 12.0. The Bertz CT molecular complexity index is 1550. The topological polar surface area (TPSA) is 68.5 Å². The molecular weight excluding hydrogens is 528 g/mol. The molecule has 37 heavy (non-hydrogen) atoms. The Hall–Kier alpha value is -3.99. The van der Waals surface area contributed by atoms with Gasteiger partial charge in [-0.1, -0.05) is 35.9 Å². The van der Waals surface area contributed by atoms with E-state index < -0.39 is 52.8 Å². The molecule has 0 saturated carbocycles. The van der Waals surface area contributed by atoms with Crippen LogP contribution in [0.4, 0.5) is 32.0 Å². The zero-order valence-corrected chi connectivity index (χ0v) is 19.1. The fourth-order valence-corrected chi connectivity index (χ4v) is 3.72. The number of fused-ring (bicyclic) bond motifs is 1. The van der Waals surface area contributed by atoms with Gasteiger partial charge in [-0.25, -0.2) is 0 Å². The second-order valence-corrected chi connectivity index (χ2v) is 8.09. The lowest BCUT2D eigenvalue weighted by molar-refractivity contribution is -0.152. The summed E-state index contributed by atoms with van der Waals surface area (Å²) in [5.74, 6) is -2.50. The predicted molar refractivity (Wildman–Crippen MR) is 124 cm³/mol. The van der Waals surface area contributed by atoms with Crippen LogP contribution in [0.1, 0.15) is 11.3 Å². The molecule has 0 aliphatic heterocycles. The van der Waals surface area contributed by atoms with E-state index in [2.05, 4.69) is 5.32 Å². The number of anilines is 1. The Morgan fingerprint density at radius 2 is 1.65 bits per heavy atom. The Kier molecular flexibility index (Phi) is 6.92. The Morgan fingerprint density at radius 1 is 0.919 bits per heavy atom. The van der Waals surface area contributed by atoms with Gasteiger partial charge in [0.25, 0.3) is 5.91 Å². The average molecular weight is 542 g/mol. The van der Waals surface area contributed by atoms with Gasteiger partial charge in [0, 0.05) is 22.3 Å². The van der Waals surface area contributed by atoms with Gasteiger partial charge in [-0.3, -0.25) is 9.59 Å². The van der Waals surface area contributed by atoms with Crippen LogP contribution in [-0.4, -0.2) is 12.5 Å². The zero-order valence-electron chi connectivity index (χ0n) is 18.3. The van der Waals surface area contributed by atoms with Crippen LogP contribution in [0.5, 0.6) is 5.75 Å². The molecule has 0 radical (unpaired) electrons. The standard InChI is InChI=1S/C25H14ClF6NO4/c26-18-7-2-1-6-16(18)21-22(35)17-9-8-15(11-19(17)37-23(21)25(30,31)32)36-12-20(34)33-14-5-3-4-13(10-14)24(27,28)29/h1-11H,12H2,(H,33,34). The van der Waals surface area contributed by atoms with Gasteiger partial charge in [0.15, 0.2) is 6.61 Å². The van der Waals surface area contributed by atoms with E-state index in [0.29, 0.717) is 0 Å². The van der Waals surface area contributed by atoms with E-state index in [-0.39, 0.29) is 27.4 Å². The first-order valence-corrected chi connectivity index (χ1v) is 10.8. The second-order valence-electron chi connectivity index (χ2n) is 7.69. The van der Waals surface area contributed by atoms with Crippen molar-refractivity contribution >= 4 is 34.2 Å². The van der Waals surface area contributed by atoms with Crippen molar-refractivity contribution in [2.75, 3.05) is 11.9 Å². The van der Waals surface area contributed by atoms with Crippen LogP contribution in [0.3, 0.4) is 0 Å². The molecule has 0 aliphatic carbocycles. The van der Waals surface area contributed by atoms with Crippen LogP contribution in [-0.2, 0) is 17.1 Å². The minimum atomic E-state index is -5.04. The van der Waals surface area contributed by atoms with Crippen molar-refractivity contribution in [3.8, 4) is 16.9 Å². The minimum absolute atomic E-state index is 0.0774. The smallest absolute Gasteiger partial charge is 0.450 e. The molecule has 0 saturated heterocycles. The minimum Gasteiger partial charge on any atom is -0.484 e. The molecule has 0 bridgehead atoms. The first kappa shape index (κ1) is 26.1. The van der Waals surface area contributed by atoms with E-state index in [4.69, 9.17) is 20.8 Å². The molecule has 3 aromatic carbocycles. The third-order valence-electron chi connectivity index (χ3n) is 5.11. The van der Waals surface area contributed by atoms with Crippen LogP contribution in [0.25, 0.3) is 22.1 Å². The third-order valence-corrected chi connectivity index (χ3v) is 5.44. The van der Waals surface area contributed by atoms with E-state index in [1.807, 2.05) is 0 Å². The molecule has 1 heterocycles. The van der Waals surface area contributed by atoms with Crippen LogP contribution >= 0.6 is 11.6 Å². The summed E-state index contributed by atoms with van der Waals surface area (Å²) in [6.45, 7) is -0.685. The van der Waals surface area contributed by atoms with Crippen molar-refractivity contribution in [1.82, 2.24) is 0 Å². The molecule has 0 unspecified atom stereocenters. The number of nitrogens with one attached hydrogen (secondary N) is 1. The van der Waals surface area contributed by atoms with Crippen molar-refractivity contribution < 1.29 is 40.3 Å².